The molecule has 0 aromatic heterocycles. The fraction of sp³-hybridized carbons (Fsp3) is 0.111. The summed E-state index contributed by atoms with van der Waals surface area (Å²) in [6.45, 7) is 4.31. The zero-order valence-corrected chi connectivity index (χ0v) is 10.9. The van der Waals surface area contributed by atoms with E-state index in [1.807, 2.05) is 12.1 Å². The molecular weight excluding hydrogens is 216 g/mol. The SMILES string of the molecule is CC(=C/c1ccccc1)/C(C)=C/c1ccccc1. The third-order valence-electron chi connectivity index (χ3n) is 2.99. The van der Waals surface area contributed by atoms with Crippen LogP contribution < -0.4 is 0 Å². The molecule has 0 aliphatic carbocycles. The molecule has 2 aromatic carbocycles. The predicted molar refractivity (Wildman–Crippen MR) is 80.2 cm³/mol. The highest BCUT2D eigenvalue weighted by Crippen LogP contribution is 2.16. The molecule has 18 heavy (non-hydrogen) atoms. The molecule has 0 aliphatic heterocycles. The minimum atomic E-state index is 1.25. The normalized spacial score (nSPS) is 12.6. The van der Waals surface area contributed by atoms with Gasteiger partial charge in [0, 0.05) is 0 Å². The second-order valence-electron chi connectivity index (χ2n) is 4.48. The molecule has 0 atom stereocenters. The predicted octanol–water partition coefficient (Wildman–Crippen LogP) is 5.19. The lowest BCUT2D eigenvalue weighted by atomic mass is 10.0. The standard InChI is InChI=1S/C18H18/c1-15(13-17-9-5-3-6-10-17)16(2)14-18-11-7-4-8-12-18/h3-14H,1-2H3/b15-13-,16-14+. The van der Waals surface area contributed by atoms with Crippen molar-refractivity contribution >= 4 is 12.2 Å². The Bertz CT molecular complexity index is 492. The highest BCUT2D eigenvalue weighted by atomic mass is 14.0. The summed E-state index contributed by atoms with van der Waals surface area (Å²) in [5.74, 6) is 0. The van der Waals surface area contributed by atoms with Crippen LogP contribution in [0.25, 0.3) is 12.2 Å². The summed E-state index contributed by atoms with van der Waals surface area (Å²) in [6, 6.07) is 20.8. The molecule has 0 heteroatoms. The molecule has 0 nitrogen and oxygen atoms in total. The Morgan fingerprint density at radius 2 is 0.944 bits per heavy atom. The molecule has 0 spiro atoms. The van der Waals surface area contributed by atoms with Gasteiger partial charge in [-0.3, -0.25) is 0 Å². The van der Waals surface area contributed by atoms with E-state index in [9.17, 15) is 0 Å². The number of allylic oxidation sites excluding steroid dienone is 2. The third kappa shape index (κ3) is 3.46. The largest absolute Gasteiger partial charge is 0.0622 e. The molecular formula is C18H18. The Hall–Kier alpha value is -2.08. The van der Waals surface area contributed by atoms with Gasteiger partial charge in [0.25, 0.3) is 0 Å². The molecule has 0 fully saturated rings. The van der Waals surface area contributed by atoms with Gasteiger partial charge >= 0.3 is 0 Å². The molecule has 0 aliphatic rings. The van der Waals surface area contributed by atoms with Crippen LogP contribution >= 0.6 is 0 Å². The highest BCUT2D eigenvalue weighted by Gasteiger charge is 1.95. The van der Waals surface area contributed by atoms with Gasteiger partial charge in [0.15, 0.2) is 0 Å². The summed E-state index contributed by atoms with van der Waals surface area (Å²) < 4.78 is 0. The first-order chi connectivity index (χ1) is 8.75. The lowest BCUT2D eigenvalue weighted by Crippen LogP contribution is -1.81. The van der Waals surface area contributed by atoms with E-state index in [1.54, 1.807) is 0 Å². The van der Waals surface area contributed by atoms with Crippen molar-refractivity contribution in [3.8, 4) is 0 Å². The second-order valence-corrected chi connectivity index (χ2v) is 4.48. The van der Waals surface area contributed by atoms with Crippen molar-refractivity contribution in [1.29, 1.82) is 0 Å². The van der Waals surface area contributed by atoms with Gasteiger partial charge < -0.3 is 0 Å². The average molecular weight is 234 g/mol. The van der Waals surface area contributed by atoms with Crippen molar-refractivity contribution in [1.82, 2.24) is 0 Å². The van der Waals surface area contributed by atoms with Gasteiger partial charge in [0.2, 0.25) is 0 Å². The third-order valence-corrected chi connectivity index (χ3v) is 2.99. The molecule has 2 rings (SSSR count). The summed E-state index contributed by atoms with van der Waals surface area (Å²) in [4.78, 5) is 0. The van der Waals surface area contributed by atoms with Crippen molar-refractivity contribution in [3.63, 3.8) is 0 Å². The lowest BCUT2D eigenvalue weighted by Gasteiger charge is -2.03. The zero-order chi connectivity index (χ0) is 12.8. The van der Waals surface area contributed by atoms with E-state index < -0.39 is 0 Å². The van der Waals surface area contributed by atoms with Crippen LogP contribution in [0.3, 0.4) is 0 Å². The van der Waals surface area contributed by atoms with Crippen LogP contribution in [-0.4, -0.2) is 0 Å². The maximum absolute atomic E-state index is 2.22. The summed E-state index contributed by atoms with van der Waals surface area (Å²) >= 11 is 0. The van der Waals surface area contributed by atoms with Crippen molar-refractivity contribution in [3.05, 3.63) is 82.9 Å². The molecule has 2 aromatic rings. The minimum Gasteiger partial charge on any atom is -0.0622 e. The van der Waals surface area contributed by atoms with Crippen molar-refractivity contribution in [2.75, 3.05) is 0 Å². The van der Waals surface area contributed by atoms with Gasteiger partial charge in [-0.1, -0.05) is 72.8 Å². The minimum absolute atomic E-state index is 1.25. The topological polar surface area (TPSA) is 0 Å². The fourth-order valence-corrected chi connectivity index (χ4v) is 1.83. The van der Waals surface area contributed by atoms with Crippen LogP contribution in [0.15, 0.2) is 71.8 Å². The monoisotopic (exact) mass is 234 g/mol. The van der Waals surface area contributed by atoms with E-state index in [-0.39, 0.29) is 0 Å². The van der Waals surface area contributed by atoms with Crippen molar-refractivity contribution in [2.24, 2.45) is 0 Å². The van der Waals surface area contributed by atoms with E-state index in [0.717, 1.165) is 0 Å². The summed E-state index contributed by atoms with van der Waals surface area (Å²) in [5.41, 5.74) is 5.08. The second kappa shape index (κ2) is 6.02. The van der Waals surface area contributed by atoms with Crippen LogP contribution in [0.5, 0.6) is 0 Å². The molecule has 0 unspecified atom stereocenters. The van der Waals surface area contributed by atoms with E-state index in [1.165, 1.54) is 22.3 Å². The van der Waals surface area contributed by atoms with Crippen LogP contribution in [0.1, 0.15) is 25.0 Å². The van der Waals surface area contributed by atoms with Gasteiger partial charge in [-0.05, 0) is 36.1 Å². The Kier molecular flexibility index (Phi) is 4.14. The molecule has 0 heterocycles. The van der Waals surface area contributed by atoms with Gasteiger partial charge in [0.05, 0.1) is 0 Å². The zero-order valence-electron chi connectivity index (χ0n) is 10.9. The Morgan fingerprint density at radius 3 is 1.28 bits per heavy atom. The number of hydrogen-bond donors (Lipinski definition) is 0. The number of benzene rings is 2. The maximum atomic E-state index is 2.22. The van der Waals surface area contributed by atoms with E-state index in [0.29, 0.717) is 0 Å². The first kappa shape index (κ1) is 12.4. The Labute approximate surface area is 109 Å². The molecule has 0 saturated carbocycles. The van der Waals surface area contributed by atoms with Crippen LogP contribution in [0.2, 0.25) is 0 Å². The lowest BCUT2D eigenvalue weighted by molar-refractivity contribution is 1.38. The quantitative estimate of drug-likeness (QED) is 0.641. The molecule has 90 valence electrons. The average Bonchev–Trinajstić information content (AvgIpc) is 2.41. The van der Waals surface area contributed by atoms with Gasteiger partial charge in [-0.25, -0.2) is 0 Å². The molecule has 0 radical (unpaired) electrons. The first-order valence-corrected chi connectivity index (χ1v) is 6.23. The maximum Gasteiger partial charge on any atom is -0.0254 e. The summed E-state index contributed by atoms with van der Waals surface area (Å²) in [6.07, 6.45) is 4.43. The number of hydrogen-bond acceptors (Lipinski definition) is 0. The van der Waals surface area contributed by atoms with E-state index in [2.05, 4.69) is 74.5 Å². The van der Waals surface area contributed by atoms with Gasteiger partial charge in [-0.15, -0.1) is 0 Å². The Balaban J connectivity index is 2.21. The van der Waals surface area contributed by atoms with Crippen LogP contribution in [0, 0.1) is 0 Å². The molecule has 0 N–H and O–H groups in total. The number of rotatable bonds is 3. The molecule has 0 saturated heterocycles. The van der Waals surface area contributed by atoms with Crippen LogP contribution in [0.4, 0.5) is 0 Å². The van der Waals surface area contributed by atoms with Gasteiger partial charge in [0.1, 0.15) is 0 Å². The smallest absolute Gasteiger partial charge is 0.0254 e. The first-order valence-electron chi connectivity index (χ1n) is 6.23. The Morgan fingerprint density at radius 1 is 0.611 bits per heavy atom. The van der Waals surface area contributed by atoms with E-state index >= 15 is 0 Å². The molecule has 0 amide bonds. The van der Waals surface area contributed by atoms with Gasteiger partial charge in [-0.2, -0.15) is 0 Å². The fourth-order valence-electron chi connectivity index (χ4n) is 1.83. The summed E-state index contributed by atoms with van der Waals surface area (Å²) in [7, 11) is 0. The summed E-state index contributed by atoms with van der Waals surface area (Å²) in [5, 5.41) is 0. The van der Waals surface area contributed by atoms with Crippen molar-refractivity contribution in [2.45, 2.75) is 13.8 Å². The van der Waals surface area contributed by atoms with Crippen molar-refractivity contribution < 1.29 is 0 Å². The highest BCUT2D eigenvalue weighted by molar-refractivity contribution is 5.64. The molecule has 0 bridgehead atoms. The van der Waals surface area contributed by atoms with Crippen LogP contribution in [-0.2, 0) is 0 Å². The van der Waals surface area contributed by atoms with E-state index in [4.69, 9.17) is 0 Å².